The van der Waals surface area contributed by atoms with Crippen molar-refractivity contribution in [1.29, 1.82) is 0 Å². The molecule has 82 valence electrons. The van der Waals surface area contributed by atoms with E-state index in [9.17, 15) is 0 Å². The van der Waals surface area contributed by atoms with Gasteiger partial charge in [-0.2, -0.15) is 5.10 Å². The number of anilines is 1. The molecule has 15 heavy (non-hydrogen) atoms. The van der Waals surface area contributed by atoms with Gasteiger partial charge in [0.1, 0.15) is 5.82 Å². The molecule has 0 saturated heterocycles. The van der Waals surface area contributed by atoms with Crippen LogP contribution in [0.4, 0.5) is 5.82 Å². The maximum Gasteiger partial charge on any atom is 0.149 e. The lowest BCUT2D eigenvalue weighted by Crippen LogP contribution is -2.31. The molecule has 2 aliphatic rings. The zero-order chi connectivity index (χ0) is 10.4. The van der Waals surface area contributed by atoms with Crippen LogP contribution in [0, 0.1) is 0 Å². The van der Waals surface area contributed by atoms with E-state index in [-0.39, 0.29) is 0 Å². The Hall–Kier alpha value is -1.03. The molecule has 0 unspecified atom stereocenters. The number of nitrogen functional groups attached to an aromatic ring is 1. The minimum atomic E-state index is 0.646. The first-order valence-corrected chi connectivity index (χ1v) is 5.87. The van der Waals surface area contributed by atoms with Gasteiger partial charge in [-0.3, -0.25) is 9.58 Å². The molecule has 1 aliphatic heterocycles. The number of hydrogen-bond acceptors (Lipinski definition) is 3. The Balaban J connectivity index is 1.98. The number of fused-ring (bicyclic) bond motifs is 1. The second kappa shape index (κ2) is 3.23. The summed E-state index contributed by atoms with van der Waals surface area (Å²) in [4.78, 5) is 2.46. The average molecular weight is 206 g/mol. The molecule has 1 saturated carbocycles. The predicted octanol–water partition coefficient (Wildman–Crippen LogP) is 1.18. The Morgan fingerprint density at radius 1 is 1.47 bits per heavy atom. The lowest BCUT2D eigenvalue weighted by atomic mass is 10.1. The summed E-state index contributed by atoms with van der Waals surface area (Å²) in [5, 5.41) is 4.49. The van der Waals surface area contributed by atoms with Crippen LogP contribution in [0.15, 0.2) is 0 Å². The van der Waals surface area contributed by atoms with Crippen LogP contribution in [-0.4, -0.2) is 27.8 Å². The second-order valence-electron chi connectivity index (χ2n) is 4.60. The number of hydrogen-bond donors (Lipinski definition) is 1. The van der Waals surface area contributed by atoms with Crippen molar-refractivity contribution in [3.63, 3.8) is 0 Å². The van der Waals surface area contributed by atoms with Gasteiger partial charge in [-0.1, -0.05) is 6.92 Å². The van der Waals surface area contributed by atoms with Crippen LogP contribution < -0.4 is 5.73 Å². The highest BCUT2D eigenvalue weighted by molar-refractivity contribution is 5.44. The molecule has 2 N–H and O–H groups in total. The highest BCUT2D eigenvalue weighted by Gasteiger charge is 2.31. The van der Waals surface area contributed by atoms with Crippen molar-refractivity contribution in [2.24, 2.45) is 0 Å². The SMILES string of the molecule is CCN1CCc2c(N)nn(C3CC3)c2C1. The van der Waals surface area contributed by atoms with Crippen LogP contribution in [0.5, 0.6) is 0 Å². The van der Waals surface area contributed by atoms with E-state index in [0.717, 1.165) is 31.9 Å². The molecule has 1 aromatic heterocycles. The molecule has 4 nitrogen and oxygen atoms in total. The van der Waals surface area contributed by atoms with Crippen molar-refractivity contribution >= 4 is 5.82 Å². The van der Waals surface area contributed by atoms with Crippen molar-refractivity contribution in [3.05, 3.63) is 11.3 Å². The molecule has 0 bridgehead atoms. The summed E-state index contributed by atoms with van der Waals surface area (Å²) in [6, 6.07) is 0.646. The van der Waals surface area contributed by atoms with Gasteiger partial charge in [-0.05, 0) is 25.8 Å². The summed E-state index contributed by atoms with van der Waals surface area (Å²) in [5.41, 5.74) is 8.65. The normalized spacial score (nSPS) is 21.7. The molecule has 4 heteroatoms. The molecular weight excluding hydrogens is 188 g/mol. The molecule has 1 aromatic rings. The van der Waals surface area contributed by atoms with E-state index in [1.807, 2.05) is 0 Å². The zero-order valence-electron chi connectivity index (χ0n) is 9.24. The fraction of sp³-hybridized carbons (Fsp3) is 0.727. The Bertz CT molecular complexity index is 378. The second-order valence-corrected chi connectivity index (χ2v) is 4.60. The fourth-order valence-electron chi connectivity index (χ4n) is 2.41. The quantitative estimate of drug-likeness (QED) is 0.790. The first-order chi connectivity index (χ1) is 7.29. The van der Waals surface area contributed by atoms with Crippen LogP contribution in [0.25, 0.3) is 0 Å². The molecule has 0 spiro atoms. The molecule has 3 rings (SSSR count). The maximum atomic E-state index is 5.96. The lowest BCUT2D eigenvalue weighted by molar-refractivity contribution is 0.258. The summed E-state index contributed by atoms with van der Waals surface area (Å²) in [6.07, 6.45) is 3.63. The van der Waals surface area contributed by atoms with Crippen molar-refractivity contribution in [2.75, 3.05) is 18.8 Å². The molecule has 1 aliphatic carbocycles. The topological polar surface area (TPSA) is 47.1 Å². The Morgan fingerprint density at radius 3 is 2.93 bits per heavy atom. The van der Waals surface area contributed by atoms with Crippen molar-refractivity contribution in [3.8, 4) is 0 Å². The summed E-state index contributed by atoms with van der Waals surface area (Å²) in [5.74, 6) is 0.771. The fourth-order valence-corrected chi connectivity index (χ4v) is 2.41. The summed E-state index contributed by atoms with van der Waals surface area (Å²) >= 11 is 0. The predicted molar refractivity (Wildman–Crippen MR) is 59.6 cm³/mol. The highest BCUT2D eigenvalue weighted by atomic mass is 15.4. The van der Waals surface area contributed by atoms with Crippen LogP contribution >= 0.6 is 0 Å². The third-order valence-electron chi connectivity index (χ3n) is 3.54. The third kappa shape index (κ3) is 1.44. The van der Waals surface area contributed by atoms with E-state index in [1.54, 1.807) is 0 Å². The van der Waals surface area contributed by atoms with Gasteiger partial charge in [0.25, 0.3) is 0 Å². The monoisotopic (exact) mass is 206 g/mol. The number of nitrogens with two attached hydrogens (primary N) is 1. The number of likely N-dealkylation sites (N-methyl/N-ethyl adjacent to an activating group) is 1. The molecule has 0 atom stereocenters. The zero-order valence-corrected chi connectivity index (χ0v) is 9.24. The summed E-state index contributed by atoms with van der Waals surface area (Å²) in [7, 11) is 0. The standard InChI is InChI=1S/C11H18N4/c1-2-14-6-5-9-10(7-14)15(8-3-4-8)13-11(9)12/h8H,2-7H2,1H3,(H2,12,13). The first-order valence-electron chi connectivity index (χ1n) is 5.87. The largest absolute Gasteiger partial charge is 0.382 e. The Labute approximate surface area is 90.0 Å². The summed E-state index contributed by atoms with van der Waals surface area (Å²) < 4.78 is 2.19. The van der Waals surface area contributed by atoms with Gasteiger partial charge >= 0.3 is 0 Å². The van der Waals surface area contributed by atoms with Gasteiger partial charge in [0.15, 0.2) is 0 Å². The Morgan fingerprint density at radius 2 is 2.27 bits per heavy atom. The highest BCUT2D eigenvalue weighted by Crippen LogP contribution is 2.38. The minimum Gasteiger partial charge on any atom is -0.382 e. The van der Waals surface area contributed by atoms with E-state index in [2.05, 4.69) is 21.6 Å². The maximum absolute atomic E-state index is 5.96. The summed E-state index contributed by atoms with van der Waals surface area (Å²) in [6.45, 7) is 5.50. The van der Waals surface area contributed by atoms with E-state index in [1.165, 1.54) is 24.1 Å². The van der Waals surface area contributed by atoms with Crippen LogP contribution in [-0.2, 0) is 13.0 Å². The van der Waals surface area contributed by atoms with Crippen molar-refractivity contribution in [1.82, 2.24) is 14.7 Å². The van der Waals surface area contributed by atoms with Gasteiger partial charge in [0.2, 0.25) is 0 Å². The van der Waals surface area contributed by atoms with Gasteiger partial charge in [-0.15, -0.1) is 0 Å². The molecule has 1 fully saturated rings. The molecular formula is C11H18N4. The number of rotatable bonds is 2. The lowest BCUT2D eigenvalue weighted by Gasteiger charge is -2.26. The average Bonchev–Trinajstić information content (AvgIpc) is 3.04. The Kier molecular flexibility index (Phi) is 1.99. The van der Waals surface area contributed by atoms with Crippen molar-refractivity contribution < 1.29 is 0 Å². The van der Waals surface area contributed by atoms with E-state index in [0.29, 0.717) is 6.04 Å². The van der Waals surface area contributed by atoms with Crippen LogP contribution in [0.1, 0.15) is 37.1 Å². The van der Waals surface area contributed by atoms with Gasteiger partial charge in [0.05, 0.1) is 11.7 Å². The molecule has 0 amide bonds. The molecule has 2 heterocycles. The smallest absolute Gasteiger partial charge is 0.149 e. The minimum absolute atomic E-state index is 0.646. The molecule has 0 radical (unpaired) electrons. The number of aromatic nitrogens is 2. The van der Waals surface area contributed by atoms with E-state index in [4.69, 9.17) is 5.73 Å². The van der Waals surface area contributed by atoms with E-state index < -0.39 is 0 Å². The van der Waals surface area contributed by atoms with Crippen molar-refractivity contribution in [2.45, 2.75) is 38.8 Å². The van der Waals surface area contributed by atoms with Crippen LogP contribution in [0.2, 0.25) is 0 Å². The molecule has 0 aromatic carbocycles. The van der Waals surface area contributed by atoms with Gasteiger partial charge in [0, 0.05) is 18.7 Å². The first kappa shape index (κ1) is 9.21. The van der Waals surface area contributed by atoms with E-state index >= 15 is 0 Å². The van der Waals surface area contributed by atoms with Crippen LogP contribution in [0.3, 0.4) is 0 Å². The van der Waals surface area contributed by atoms with Gasteiger partial charge < -0.3 is 5.73 Å². The number of nitrogens with zero attached hydrogens (tertiary/aromatic N) is 3. The third-order valence-corrected chi connectivity index (χ3v) is 3.54. The van der Waals surface area contributed by atoms with Gasteiger partial charge in [-0.25, -0.2) is 0 Å².